The fourth-order valence-electron chi connectivity index (χ4n) is 4.23. The van der Waals surface area contributed by atoms with E-state index in [-0.39, 0.29) is 28.8 Å². The predicted molar refractivity (Wildman–Crippen MR) is 104 cm³/mol. The summed E-state index contributed by atoms with van der Waals surface area (Å²) in [6.07, 6.45) is 3.88. The summed E-state index contributed by atoms with van der Waals surface area (Å²) in [6.45, 7) is 0.944. The van der Waals surface area contributed by atoms with Crippen LogP contribution in [0.2, 0.25) is 0 Å². The number of nitrogens with zero attached hydrogens (tertiary/aromatic N) is 2. The number of benzene rings is 1. The third kappa shape index (κ3) is 4.75. The number of esters is 1. The fourth-order valence-corrected chi connectivity index (χ4v) is 5.94. The number of sulfone groups is 1. The highest BCUT2D eigenvalue weighted by Crippen LogP contribution is 2.29. The van der Waals surface area contributed by atoms with Gasteiger partial charge in [-0.2, -0.15) is 0 Å². The standard InChI is InChI=1S/C19H24N2O7S/c1-13-5-4-8-16(18(13)21(24)25)19(23)28-11-17(22)20(14-6-2-3-7-14)15-9-10-29(26,27)12-15/h4-5,8,14-15H,2-3,6-7,9-12H2,1H3/t15-/m1/s1. The van der Waals surface area contributed by atoms with Crippen LogP contribution < -0.4 is 0 Å². The monoisotopic (exact) mass is 424 g/mol. The lowest BCUT2D eigenvalue weighted by Crippen LogP contribution is -2.48. The van der Waals surface area contributed by atoms with E-state index in [1.54, 1.807) is 4.90 Å². The van der Waals surface area contributed by atoms with Crippen LogP contribution in [0.1, 0.15) is 48.0 Å². The zero-order valence-corrected chi connectivity index (χ0v) is 17.0. The molecule has 158 valence electrons. The van der Waals surface area contributed by atoms with Gasteiger partial charge in [-0.3, -0.25) is 14.9 Å². The normalized spacial score (nSPS) is 21.1. The molecule has 1 aromatic carbocycles. The second-order valence-corrected chi connectivity index (χ2v) is 9.83. The number of hydrogen-bond donors (Lipinski definition) is 0. The van der Waals surface area contributed by atoms with Crippen molar-refractivity contribution in [3.8, 4) is 0 Å². The molecule has 10 heteroatoms. The van der Waals surface area contributed by atoms with Crippen molar-refractivity contribution in [2.45, 2.75) is 51.1 Å². The maximum absolute atomic E-state index is 12.9. The van der Waals surface area contributed by atoms with Crippen LogP contribution in [0.3, 0.4) is 0 Å². The number of para-hydroxylation sites is 1. The first-order chi connectivity index (χ1) is 13.7. The van der Waals surface area contributed by atoms with E-state index in [0.29, 0.717) is 12.0 Å². The third-order valence-corrected chi connectivity index (χ3v) is 7.33. The first-order valence-electron chi connectivity index (χ1n) is 9.62. The van der Waals surface area contributed by atoms with Crippen LogP contribution >= 0.6 is 0 Å². The van der Waals surface area contributed by atoms with Gasteiger partial charge in [-0.1, -0.05) is 25.0 Å². The summed E-state index contributed by atoms with van der Waals surface area (Å²) in [5.41, 5.74) is -0.238. The Balaban J connectivity index is 1.73. The molecule has 1 saturated carbocycles. The third-order valence-electron chi connectivity index (χ3n) is 5.57. The molecule has 1 heterocycles. The number of carbonyl (C=O) groups excluding carboxylic acids is 2. The highest BCUT2D eigenvalue weighted by Gasteiger charge is 2.39. The number of nitro groups is 1. The van der Waals surface area contributed by atoms with E-state index in [4.69, 9.17) is 4.74 Å². The summed E-state index contributed by atoms with van der Waals surface area (Å²) < 4.78 is 28.9. The molecule has 0 spiro atoms. The van der Waals surface area contributed by atoms with Crippen LogP contribution in [-0.2, 0) is 19.4 Å². The second kappa shape index (κ2) is 8.48. The Hall–Kier alpha value is -2.49. The Morgan fingerprint density at radius 1 is 1.21 bits per heavy atom. The maximum Gasteiger partial charge on any atom is 0.345 e. The summed E-state index contributed by atoms with van der Waals surface area (Å²) in [4.78, 5) is 37.5. The highest BCUT2D eigenvalue weighted by atomic mass is 32.2. The van der Waals surface area contributed by atoms with Crippen molar-refractivity contribution in [2.75, 3.05) is 18.1 Å². The van der Waals surface area contributed by atoms with E-state index in [1.165, 1.54) is 25.1 Å². The lowest BCUT2D eigenvalue weighted by molar-refractivity contribution is -0.385. The molecule has 0 N–H and O–H groups in total. The van der Waals surface area contributed by atoms with Crippen molar-refractivity contribution in [2.24, 2.45) is 0 Å². The minimum atomic E-state index is -3.17. The Morgan fingerprint density at radius 3 is 2.48 bits per heavy atom. The van der Waals surface area contributed by atoms with Crippen molar-refractivity contribution >= 4 is 27.4 Å². The molecule has 1 aliphatic heterocycles. The smallest absolute Gasteiger partial charge is 0.345 e. The fraction of sp³-hybridized carbons (Fsp3) is 0.579. The van der Waals surface area contributed by atoms with Gasteiger partial charge in [0.05, 0.1) is 16.4 Å². The molecule has 2 fully saturated rings. The number of rotatable bonds is 6. The van der Waals surface area contributed by atoms with Crippen molar-refractivity contribution in [3.05, 3.63) is 39.4 Å². The van der Waals surface area contributed by atoms with Gasteiger partial charge in [-0.25, -0.2) is 13.2 Å². The van der Waals surface area contributed by atoms with E-state index >= 15 is 0 Å². The number of ether oxygens (including phenoxy) is 1. The van der Waals surface area contributed by atoms with Gasteiger partial charge in [-0.15, -0.1) is 0 Å². The summed E-state index contributed by atoms with van der Waals surface area (Å²) in [6, 6.07) is 3.84. The van der Waals surface area contributed by atoms with Crippen LogP contribution in [0.4, 0.5) is 5.69 Å². The molecule has 2 aliphatic rings. The molecule has 0 aromatic heterocycles. The molecule has 3 rings (SSSR count). The molecule has 1 atom stereocenters. The van der Waals surface area contributed by atoms with E-state index in [9.17, 15) is 28.1 Å². The Morgan fingerprint density at radius 2 is 1.90 bits per heavy atom. The zero-order chi connectivity index (χ0) is 21.2. The molecule has 0 unspecified atom stereocenters. The van der Waals surface area contributed by atoms with Crippen LogP contribution in [0.15, 0.2) is 18.2 Å². The molecule has 1 amide bonds. The average molecular weight is 424 g/mol. The lowest BCUT2D eigenvalue weighted by atomic mass is 10.1. The van der Waals surface area contributed by atoms with E-state index in [0.717, 1.165) is 25.7 Å². The second-order valence-electron chi connectivity index (χ2n) is 7.60. The minimum Gasteiger partial charge on any atom is -0.452 e. The molecule has 9 nitrogen and oxygen atoms in total. The van der Waals surface area contributed by atoms with Gasteiger partial charge in [0, 0.05) is 17.6 Å². The van der Waals surface area contributed by atoms with Crippen LogP contribution in [-0.4, -0.2) is 60.3 Å². The van der Waals surface area contributed by atoms with Crippen molar-refractivity contribution < 1.29 is 27.7 Å². The molecule has 1 aliphatic carbocycles. The summed E-state index contributed by atoms with van der Waals surface area (Å²) >= 11 is 0. The minimum absolute atomic E-state index is 0.0451. The van der Waals surface area contributed by atoms with Gasteiger partial charge < -0.3 is 9.64 Å². The Labute approximate surface area is 169 Å². The summed E-state index contributed by atoms with van der Waals surface area (Å²) in [7, 11) is -3.17. The summed E-state index contributed by atoms with van der Waals surface area (Å²) in [5.74, 6) is -1.43. The van der Waals surface area contributed by atoms with Gasteiger partial charge in [-0.05, 0) is 32.3 Å². The first-order valence-corrected chi connectivity index (χ1v) is 11.4. The number of aryl methyl sites for hydroxylation is 1. The summed E-state index contributed by atoms with van der Waals surface area (Å²) in [5, 5.41) is 11.3. The average Bonchev–Trinajstić information content (AvgIpc) is 3.29. The van der Waals surface area contributed by atoms with Gasteiger partial charge in [0.2, 0.25) is 0 Å². The number of nitro benzene ring substituents is 1. The van der Waals surface area contributed by atoms with Crippen LogP contribution in [0.5, 0.6) is 0 Å². The quantitative estimate of drug-likeness (QED) is 0.389. The largest absolute Gasteiger partial charge is 0.452 e. The van der Waals surface area contributed by atoms with Crippen LogP contribution in [0.25, 0.3) is 0 Å². The molecular formula is C19H24N2O7S. The van der Waals surface area contributed by atoms with Crippen LogP contribution in [0, 0.1) is 17.0 Å². The first kappa shape index (κ1) is 21.2. The Bertz CT molecular complexity index is 922. The molecular weight excluding hydrogens is 400 g/mol. The SMILES string of the molecule is Cc1cccc(C(=O)OCC(=O)N(C2CCCC2)[C@@H]2CCS(=O)(=O)C2)c1[N+](=O)[O-]. The van der Waals surface area contributed by atoms with E-state index in [1.807, 2.05) is 0 Å². The van der Waals surface area contributed by atoms with Crippen molar-refractivity contribution in [3.63, 3.8) is 0 Å². The maximum atomic E-state index is 12.9. The topological polar surface area (TPSA) is 124 Å². The van der Waals surface area contributed by atoms with Gasteiger partial charge in [0.1, 0.15) is 5.56 Å². The van der Waals surface area contributed by atoms with Gasteiger partial charge >= 0.3 is 5.97 Å². The number of amides is 1. The molecule has 1 aromatic rings. The molecule has 1 saturated heterocycles. The molecule has 29 heavy (non-hydrogen) atoms. The van der Waals surface area contributed by atoms with Crippen molar-refractivity contribution in [1.29, 1.82) is 0 Å². The van der Waals surface area contributed by atoms with Crippen molar-refractivity contribution in [1.82, 2.24) is 4.90 Å². The lowest BCUT2D eigenvalue weighted by Gasteiger charge is -2.33. The zero-order valence-electron chi connectivity index (χ0n) is 16.2. The van der Waals surface area contributed by atoms with Gasteiger partial charge in [0.15, 0.2) is 16.4 Å². The Kier molecular flexibility index (Phi) is 6.21. The molecule has 0 bridgehead atoms. The molecule has 0 radical (unpaired) electrons. The van der Waals surface area contributed by atoms with Gasteiger partial charge in [0.25, 0.3) is 11.6 Å². The highest BCUT2D eigenvalue weighted by molar-refractivity contribution is 7.91. The predicted octanol–water partition coefficient (Wildman–Crippen LogP) is 2.02. The number of carbonyl (C=O) groups is 2. The van der Waals surface area contributed by atoms with E-state index < -0.39 is 39.3 Å². The van der Waals surface area contributed by atoms with E-state index in [2.05, 4.69) is 0 Å². The number of hydrogen-bond acceptors (Lipinski definition) is 7.